The molecule has 0 amide bonds. The molecule has 3 aromatic rings. The second-order valence-corrected chi connectivity index (χ2v) is 4.03. The SMILES string of the molecule is C(=N\Nc1cccc2cccnc12)/c1ccncc1. The average Bonchev–Trinajstić information content (AvgIpc) is 2.49. The number of fused-ring (bicyclic) bond motifs is 1. The molecule has 1 aromatic carbocycles. The molecule has 4 heteroatoms. The fraction of sp³-hybridized carbons (Fsp3) is 0. The van der Waals surface area contributed by atoms with Crippen molar-refractivity contribution >= 4 is 22.8 Å². The summed E-state index contributed by atoms with van der Waals surface area (Å²) in [6, 6.07) is 13.7. The molecule has 0 aliphatic rings. The molecule has 0 saturated carbocycles. The van der Waals surface area contributed by atoms with E-state index in [4.69, 9.17) is 0 Å². The van der Waals surface area contributed by atoms with Gasteiger partial charge in [-0.25, -0.2) is 0 Å². The van der Waals surface area contributed by atoms with Gasteiger partial charge in [0.2, 0.25) is 0 Å². The van der Waals surface area contributed by atoms with Crippen LogP contribution in [0.4, 0.5) is 5.69 Å². The number of aromatic nitrogens is 2. The van der Waals surface area contributed by atoms with Crippen molar-refractivity contribution in [3.05, 3.63) is 66.6 Å². The Morgan fingerprint density at radius 3 is 2.68 bits per heavy atom. The number of benzene rings is 1. The van der Waals surface area contributed by atoms with E-state index in [1.54, 1.807) is 24.8 Å². The van der Waals surface area contributed by atoms with Crippen molar-refractivity contribution < 1.29 is 0 Å². The molecule has 19 heavy (non-hydrogen) atoms. The molecular formula is C15H12N4. The van der Waals surface area contributed by atoms with Gasteiger partial charge in [0, 0.05) is 24.0 Å². The quantitative estimate of drug-likeness (QED) is 0.572. The predicted octanol–water partition coefficient (Wildman–Crippen LogP) is 3.08. The van der Waals surface area contributed by atoms with Crippen LogP contribution < -0.4 is 5.43 Å². The molecule has 0 aliphatic carbocycles. The molecule has 1 N–H and O–H groups in total. The van der Waals surface area contributed by atoms with E-state index >= 15 is 0 Å². The van der Waals surface area contributed by atoms with Crippen LogP contribution >= 0.6 is 0 Å². The Balaban J connectivity index is 1.84. The average molecular weight is 248 g/mol. The van der Waals surface area contributed by atoms with Gasteiger partial charge in [-0.1, -0.05) is 18.2 Å². The summed E-state index contributed by atoms with van der Waals surface area (Å²) in [7, 11) is 0. The van der Waals surface area contributed by atoms with Gasteiger partial charge < -0.3 is 0 Å². The van der Waals surface area contributed by atoms with E-state index in [9.17, 15) is 0 Å². The van der Waals surface area contributed by atoms with Crippen molar-refractivity contribution in [3.63, 3.8) is 0 Å². The topological polar surface area (TPSA) is 50.2 Å². The standard InChI is InChI=1S/C15H12N4/c1-3-13-4-2-8-17-15(13)14(5-1)19-18-11-12-6-9-16-10-7-12/h1-11,19H/b18-11+. The molecule has 4 nitrogen and oxygen atoms in total. The van der Waals surface area contributed by atoms with E-state index in [1.165, 1.54) is 0 Å². The summed E-state index contributed by atoms with van der Waals surface area (Å²) in [5, 5.41) is 5.31. The first-order valence-electron chi connectivity index (χ1n) is 5.96. The number of pyridine rings is 2. The van der Waals surface area contributed by atoms with Gasteiger partial charge in [-0.2, -0.15) is 5.10 Å². The number of nitrogens with zero attached hydrogens (tertiary/aromatic N) is 3. The highest BCUT2D eigenvalue weighted by Gasteiger charge is 1.99. The first kappa shape index (κ1) is 11.3. The van der Waals surface area contributed by atoms with Crippen LogP contribution in [0, 0.1) is 0 Å². The van der Waals surface area contributed by atoms with Gasteiger partial charge in [-0.3, -0.25) is 15.4 Å². The van der Waals surface area contributed by atoms with E-state index in [0.29, 0.717) is 0 Å². The summed E-state index contributed by atoms with van der Waals surface area (Å²) in [6.07, 6.45) is 7.01. The lowest BCUT2D eigenvalue weighted by molar-refractivity contribution is 1.31. The fourth-order valence-corrected chi connectivity index (χ4v) is 1.82. The Kier molecular flexibility index (Phi) is 3.14. The maximum absolute atomic E-state index is 4.36. The zero-order valence-electron chi connectivity index (χ0n) is 10.2. The second kappa shape index (κ2) is 5.27. The van der Waals surface area contributed by atoms with Crippen molar-refractivity contribution in [1.82, 2.24) is 9.97 Å². The van der Waals surface area contributed by atoms with Gasteiger partial charge in [0.25, 0.3) is 0 Å². The molecule has 0 unspecified atom stereocenters. The Labute approximate surface area is 110 Å². The minimum absolute atomic E-state index is 0.892. The predicted molar refractivity (Wildman–Crippen MR) is 77.2 cm³/mol. The van der Waals surface area contributed by atoms with Gasteiger partial charge in [-0.05, 0) is 29.8 Å². The highest BCUT2D eigenvalue weighted by molar-refractivity contribution is 5.90. The molecule has 0 fully saturated rings. The first-order valence-corrected chi connectivity index (χ1v) is 5.96. The zero-order chi connectivity index (χ0) is 12.9. The van der Waals surface area contributed by atoms with Crippen LogP contribution in [0.25, 0.3) is 10.9 Å². The molecule has 0 aliphatic heterocycles. The lowest BCUT2D eigenvalue weighted by Gasteiger charge is -2.03. The third-order valence-electron chi connectivity index (χ3n) is 2.74. The van der Waals surface area contributed by atoms with E-state index < -0.39 is 0 Å². The molecule has 3 rings (SSSR count). The summed E-state index contributed by atoms with van der Waals surface area (Å²) in [6.45, 7) is 0. The number of para-hydroxylation sites is 1. The van der Waals surface area contributed by atoms with Crippen LogP contribution in [0.15, 0.2) is 66.2 Å². The fourth-order valence-electron chi connectivity index (χ4n) is 1.82. The van der Waals surface area contributed by atoms with Crippen molar-refractivity contribution in [1.29, 1.82) is 0 Å². The number of hydrazone groups is 1. The molecule has 0 bridgehead atoms. The number of hydrogen-bond acceptors (Lipinski definition) is 4. The first-order chi connectivity index (χ1) is 9.43. The normalized spacial score (nSPS) is 10.9. The van der Waals surface area contributed by atoms with Gasteiger partial charge in [0.05, 0.1) is 17.4 Å². The minimum atomic E-state index is 0.892. The lowest BCUT2D eigenvalue weighted by atomic mass is 10.2. The highest BCUT2D eigenvalue weighted by atomic mass is 15.3. The molecule has 0 radical (unpaired) electrons. The maximum atomic E-state index is 4.36. The van der Waals surface area contributed by atoms with E-state index in [0.717, 1.165) is 22.2 Å². The van der Waals surface area contributed by atoms with Crippen molar-refractivity contribution in [3.8, 4) is 0 Å². The number of hydrogen-bond donors (Lipinski definition) is 1. The van der Waals surface area contributed by atoms with Gasteiger partial charge in [0.15, 0.2) is 0 Å². The monoisotopic (exact) mass is 248 g/mol. The van der Waals surface area contributed by atoms with Crippen LogP contribution in [-0.4, -0.2) is 16.2 Å². The van der Waals surface area contributed by atoms with Gasteiger partial charge in [0.1, 0.15) is 0 Å². The molecule has 2 heterocycles. The number of rotatable bonds is 3. The van der Waals surface area contributed by atoms with Crippen LogP contribution in [0.1, 0.15) is 5.56 Å². The number of nitrogens with one attached hydrogen (secondary N) is 1. The molecule has 0 spiro atoms. The zero-order valence-corrected chi connectivity index (χ0v) is 10.2. The third kappa shape index (κ3) is 2.57. The Hall–Kier alpha value is -2.75. The van der Waals surface area contributed by atoms with Gasteiger partial charge >= 0.3 is 0 Å². The van der Waals surface area contributed by atoms with Crippen molar-refractivity contribution in [2.45, 2.75) is 0 Å². The summed E-state index contributed by atoms with van der Waals surface area (Å²) in [4.78, 5) is 8.32. The Morgan fingerprint density at radius 1 is 0.947 bits per heavy atom. The van der Waals surface area contributed by atoms with Gasteiger partial charge in [-0.15, -0.1) is 0 Å². The molecule has 2 aromatic heterocycles. The van der Waals surface area contributed by atoms with Crippen LogP contribution in [0.3, 0.4) is 0 Å². The molecule has 0 atom stereocenters. The molecular weight excluding hydrogens is 236 g/mol. The van der Waals surface area contributed by atoms with Crippen molar-refractivity contribution in [2.24, 2.45) is 5.10 Å². The van der Waals surface area contributed by atoms with Crippen LogP contribution in [0.5, 0.6) is 0 Å². The molecule has 92 valence electrons. The summed E-state index contributed by atoms with van der Waals surface area (Å²) >= 11 is 0. The summed E-state index contributed by atoms with van der Waals surface area (Å²) < 4.78 is 0. The smallest absolute Gasteiger partial charge is 0.0951 e. The second-order valence-electron chi connectivity index (χ2n) is 4.03. The van der Waals surface area contributed by atoms with E-state index in [2.05, 4.69) is 20.5 Å². The Morgan fingerprint density at radius 2 is 1.79 bits per heavy atom. The van der Waals surface area contributed by atoms with Crippen LogP contribution in [0.2, 0.25) is 0 Å². The maximum Gasteiger partial charge on any atom is 0.0951 e. The van der Waals surface area contributed by atoms with Crippen LogP contribution in [-0.2, 0) is 0 Å². The van der Waals surface area contributed by atoms with E-state index in [1.807, 2.05) is 42.5 Å². The largest absolute Gasteiger partial charge is 0.276 e. The van der Waals surface area contributed by atoms with Crippen molar-refractivity contribution in [2.75, 3.05) is 5.43 Å². The Bertz CT molecular complexity index is 702. The summed E-state index contributed by atoms with van der Waals surface area (Å²) in [5.74, 6) is 0. The minimum Gasteiger partial charge on any atom is -0.276 e. The molecule has 0 saturated heterocycles. The third-order valence-corrected chi connectivity index (χ3v) is 2.74. The summed E-state index contributed by atoms with van der Waals surface area (Å²) in [5.41, 5.74) is 5.82. The lowest BCUT2D eigenvalue weighted by Crippen LogP contribution is -1.92. The highest BCUT2D eigenvalue weighted by Crippen LogP contribution is 2.20. The number of anilines is 1. The van der Waals surface area contributed by atoms with E-state index in [-0.39, 0.29) is 0 Å².